The molecule has 0 fully saturated rings. The summed E-state index contributed by atoms with van der Waals surface area (Å²) in [5.41, 5.74) is 6.85. The summed E-state index contributed by atoms with van der Waals surface area (Å²) in [7, 11) is 0. The molecule has 0 aliphatic carbocycles. The number of rotatable bonds is 10. The molecule has 0 atom stereocenters. The minimum atomic E-state index is -0.166. The minimum Gasteiger partial charge on any atom is -0.273 e. The molecule has 0 radical (unpaired) electrons. The van der Waals surface area contributed by atoms with Crippen LogP contribution in [0.15, 0.2) is 10.2 Å². The van der Waals surface area contributed by atoms with Gasteiger partial charge in [-0.05, 0) is 44.9 Å². The van der Waals surface area contributed by atoms with Gasteiger partial charge in [0, 0.05) is 24.3 Å². The van der Waals surface area contributed by atoms with Gasteiger partial charge in [-0.3, -0.25) is 9.59 Å². The molecule has 6 heteroatoms. The molecule has 0 saturated carbocycles. The standard InChI is InChI=1S/C17H32N4O2/c1-12(2)10-14(5)18-20-16(22)8-7-9-17(23)21-19-15(6)11-13(3)4/h12-13H,7-11H2,1-6H3,(H,20,22)(H,21,23)/b18-14-,19-15-. The maximum atomic E-state index is 11.6. The highest BCUT2D eigenvalue weighted by Crippen LogP contribution is 2.02. The van der Waals surface area contributed by atoms with Gasteiger partial charge in [-0.1, -0.05) is 27.7 Å². The second kappa shape index (κ2) is 11.8. The van der Waals surface area contributed by atoms with Crippen molar-refractivity contribution in [3.05, 3.63) is 0 Å². The molecule has 0 aromatic rings. The molecule has 2 amide bonds. The lowest BCUT2D eigenvalue weighted by Gasteiger charge is -2.06. The van der Waals surface area contributed by atoms with Gasteiger partial charge in [0.2, 0.25) is 11.8 Å². The normalized spacial score (nSPS) is 12.7. The third-order valence-corrected chi connectivity index (χ3v) is 2.96. The summed E-state index contributed by atoms with van der Waals surface area (Å²) in [5.74, 6) is 0.693. The van der Waals surface area contributed by atoms with Crippen LogP contribution in [-0.4, -0.2) is 23.2 Å². The highest BCUT2D eigenvalue weighted by Gasteiger charge is 2.05. The van der Waals surface area contributed by atoms with E-state index in [9.17, 15) is 9.59 Å². The molecule has 0 aromatic heterocycles. The molecule has 0 saturated heterocycles. The minimum absolute atomic E-state index is 0.166. The lowest BCUT2D eigenvalue weighted by molar-refractivity contribution is -0.122. The van der Waals surface area contributed by atoms with E-state index in [1.807, 2.05) is 13.8 Å². The Morgan fingerprint density at radius 2 is 1.13 bits per heavy atom. The molecule has 23 heavy (non-hydrogen) atoms. The topological polar surface area (TPSA) is 82.9 Å². The van der Waals surface area contributed by atoms with E-state index in [1.54, 1.807) is 0 Å². The molecular formula is C17H32N4O2. The molecule has 6 nitrogen and oxygen atoms in total. The fraction of sp³-hybridized carbons (Fsp3) is 0.765. The Balaban J connectivity index is 3.93. The average molecular weight is 324 g/mol. The van der Waals surface area contributed by atoms with Gasteiger partial charge in [0.05, 0.1) is 0 Å². The van der Waals surface area contributed by atoms with E-state index >= 15 is 0 Å². The smallest absolute Gasteiger partial charge is 0.240 e. The molecule has 0 aliphatic rings. The van der Waals surface area contributed by atoms with Crippen molar-refractivity contribution in [1.82, 2.24) is 10.9 Å². The second-order valence-electron chi connectivity index (χ2n) is 6.81. The lowest BCUT2D eigenvalue weighted by Crippen LogP contribution is -2.22. The largest absolute Gasteiger partial charge is 0.273 e. The number of hydrogen-bond donors (Lipinski definition) is 2. The number of hydrogen-bond acceptors (Lipinski definition) is 4. The van der Waals surface area contributed by atoms with Crippen LogP contribution in [-0.2, 0) is 9.59 Å². The van der Waals surface area contributed by atoms with Crippen molar-refractivity contribution < 1.29 is 9.59 Å². The van der Waals surface area contributed by atoms with E-state index in [0.717, 1.165) is 24.3 Å². The Morgan fingerprint density at radius 1 is 0.783 bits per heavy atom. The van der Waals surface area contributed by atoms with E-state index in [1.165, 1.54) is 0 Å². The summed E-state index contributed by atoms with van der Waals surface area (Å²) < 4.78 is 0. The number of nitrogens with zero attached hydrogens (tertiary/aromatic N) is 2. The van der Waals surface area contributed by atoms with Crippen molar-refractivity contribution >= 4 is 23.2 Å². The first kappa shape index (κ1) is 21.3. The van der Waals surface area contributed by atoms with Crippen molar-refractivity contribution in [2.45, 2.75) is 73.6 Å². The molecule has 0 unspecified atom stereocenters. The highest BCUT2D eigenvalue weighted by molar-refractivity contribution is 5.85. The monoisotopic (exact) mass is 324 g/mol. The first-order chi connectivity index (χ1) is 10.7. The van der Waals surface area contributed by atoms with Gasteiger partial charge in [0.25, 0.3) is 0 Å². The zero-order valence-corrected chi connectivity index (χ0v) is 15.4. The van der Waals surface area contributed by atoms with Gasteiger partial charge in [-0.15, -0.1) is 0 Å². The van der Waals surface area contributed by atoms with Gasteiger partial charge in [-0.25, -0.2) is 10.9 Å². The van der Waals surface area contributed by atoms with Crippen molar-refractivity contribution in [2.75, 3.05) is 0 Å². The van der Waals surface area contributed by atoms with Crippen LogP contribution in [0.2, 0.25) is 0 Å². The molecular weight excluding hydrogens is 292 g/mol. The predicted octanol–water partition coefficient (Wildman–Crippen LogP) is 3.23. The molecule has 0 spiro atoms. The molecule has 0 rings (SSSR count). The Hall–Kier alpha value is -1.72. The fourth-order valence-corrected chi connectivity index (χ4v) is 2.11. The van der Waals surface area contributed by atoms with Crippen LogP contribution in [0.5, 0.6) is 0 Å². The van der Waals surface area contributed by atoms with Crippen LogP contribution < -0.4 is 10.9 Å². The van der Waals surface area contributed by atoms with E-state index < -0.39 is 0 Å². The SMILES string of the molecule is C/C(CC(C)C)=N/NC(=O)CCCC(=O)N/N=C(/C)CC(C)C. The van der Waals surface area contributed by atoms with Gasteiger partial charge >= 0.3 is 0 Å². The van der Waals surface area contributed by atoms with Crippen molar-refractivity contribution in [1.29, 1.82) is 0 Å². The van der Waals surface area contributed by atoms with Gasteiger partial charge in [0.15, 0.2) is 0 Å². The first-order valence-electron chi connectivity index (χ1n) is 8.34. The highest BCUT2D eigenvalue weighted by atomic mass is 16.2. The molecule has 132 valence electrons. The maximum Gasteiger partial charge on any atom is 0.240 e. The zero-order valence-electron chi connectivity index (χ0n) is 15.4. The second-order valence-corrected chi connectivity index (χ2v) is 6.81. The Morgan fingerprint density at radius 3 is 1.43 bits per heavy atom. The number of carbonyl (C=O) groups excluding carboxylic acids is 2. The van der Waals surface area contributed by atoms with Crippen LogP contribution in [0.4, 0.5) is 0 Å². The Kier molecular flexibility index (Phi) is 10.9. The van der Waals surface area contributed by atoms with Crippen LogP contribution in [0.1, 0.15) is 73.6 Å². The van der Waals surface area contributed by atoms with E-state index in [0.29, 0.717) is 18.3 Å². The molecule has 0 bridgehead atoms. The molecule has 0 aromatic carbocycles. The molecule has 0 aliphatic heterocycles. The van der Waals surface area contributed by atoms with Gasteiger partial charge in [0.1, 0.15) is 0 Å². The number of amides is 2. The van der Waals surface area contributed by atoms with Gasteiger partial charge in [-0.2, -0.15) is 10.2 Å². The third kappa shape index (κ3) is 13.7. The third-order valence-electron chi connectivity index (χ3n) is 2.96. The van der Waals surface area contributed by atoms with Crippen molar-refractivity contribution in [2.24, 2.45) is 22.0 Å². The average Bonchev–Trinajstić information content (AvgIpc) is 2.41. The fourth-order valence-electron chi connectivity index (χ4n) is 2.11. The zero-order chi connectivity index (χ0) is 17.8. The molecule has 0 heterocycles. The summed E-state index contributed by atoms with van der Waals surface area (Å²) in [5, 5.41) is 8.09. The van der Waals surface area contributed by atoms with E-state index in [2.05, 4.69) is 48.7 Å². The van der Waals surface area contributed by atoms with E-state index in [-0.39, 0.29) is 24.7 Å². The number of nitrogens with one attached hydrogen (secondary N) is 2. The van der Waals surface area contributed by atoms with Gasteiger partial charge < -0.3 is 0 Å². The summed E-state index contributed by atoms with van der Waals surface area (Å²) >= 11 is 0. The predicted molar refractivity (Wildman–Crippen MR) is 95.3 cm³/mol. The maximum absolute atomic E-state index is 11.6. The molecule has 2 N–H and O–H groups in total. The van der Waals surface area contributed by atoms with Crippen LogP contribution in [0, 0.1) is 11.8 Å². The number of carbonyl (C=O) groups is 2. The van der Waals surface area contributed by atoms with Crippen molar-refractivity contribution in [3.63, 3.8) is 0 Å². The first-order valence-corrected chi connectivity index (χ1v) is 8.34. The Labute approximate surface area is 140 Å². The number of hydrazone groups is 2. The summed E-state index contributed by atoms with van der Waals surface area (Å²) in [6.07, 6.45) is 2.75. The van der Waals surface area contributed by atoms with Crippen LogP contribution in [0.25, 0.3) is 0 Å². The van der Waals surface area contributed by atoms with E-state index in [4.69, 9.17) is 0 Å². The Bertz CT molecular complexity index is 400. The summed E-state index contributed by atoms with van der Waals surface area (Å²) in [4.78, 5) is 23.2. The quantitative estimate of drug-likeness (QED) is 0.478. The summed E-state index contributed by atoms with van der Waals surface area (Å²) in [6, 6.07) is 0. The van der Waals surface area contributed by atoms with Crippen LogP contribution >= 0.6 is 0 Å². The van der Waals surface area contributed by atoms with Crippen LogP contribution in [0.3, 0.4) is 0 Å². The van der Waals surface area contributed by atoms with Crippen molar-refractivity contribution in [3.8, 4) is 0 Å². The lowest BCUT2D eigenvalue weighted by atomic mass is 10.1. The summed E-state index contributed by atoms with van der Waals surface area (Å²) in [6.45, 7) is 12.2.